The molecule has 0 amide bonds. The maximum Gasteiger partial charge on any atom is 0.387 e. The molecule has 0 N–H and O–H groups in total. The van der Waals surface area contributed by atoms with Crippen molar-refractivity contribution < 1.29 is 22.7 Å². The fourth-order valence-electron chi connectivity index (χ4n) is 1.19. The van der Waals surface area contributed by atoms with Gasteiger partial charge in [-0.15, -0.1) is 0 Å². The van der Waals surface area contributed by atoms with Gasteiger partial charge in [0.15, 0.2) is 5.78 Å². The Balaban J connectivity index is 3.17. The van der Waals surface area contributed by atoms with Gasteiger partial charge in [0.2, 0.25) is 0 Å². The molecule has 0 saturated heterocycles. The number of rotatable bonds is 3. The summed E-state index contributed by atoms with van der Waals surface area (Å²) in [4.78, 5) is 11.0. The molecular formula is C10H9F3O2. The number of carbonyl (C=O) groups is 1. The van der Waals surface area contributed by atoms with Crippen molar-refractivity contribution >= 4 is 5.78 Å². The number of Topliss-reactive ketones (excluding diaryl/α,β-unsaturated/α-hetero) is 1. The Morgan fingerprint density at radius 1 is 1.40 bits per heavy atom. The largest absolute Gasteiger partial charge is 0.435 e. The van der Waals surface area contributed by atoms with E-state index in [1.54, 1.807) is 0 Å². The molecule has 0 aromatic heterocycles. The lowest BCUT2D eigenvalue weighted by Gasteiger charge is -2.08. The molecule has 2 nitrogen and oxygen atoms in total. The quantitative estimate of drug-likeness (QED) is 0.729. The minimum absolute atomic E-state index is 0.0469. The van der Waals surface area contributed by atoms with Gasteiger partial charge in [-0.25, -0.2) is 4.39 Å². The maximum absolute atomic E-state index is 13.2. The van der Waals surface area contributed by atoms with Gasteiger partial charge in [-0.05, 0) is 25.5 Å². The van der Waals surface area contributed by atoms with E-state index in [0.29, 0.717) is 0 Å². The third-order valence-electron chi connectivity index (χ3n) is 1.92. The summed E-state index contributed by atoms with van der Waals surface area (Å²) in [5, 5.41) is 0. The molecule has 1 aromatic rings. The number of alkyl halides is 2. The van der Waals surface area contributed by atoms with Crippen LogP contribution in [0.3, 0.4) is 0 Å². The van der Waals surface area contributed by atoms with Crippen LogP contribution in [0.5, 0.6) is 5.75 Å². The Bertz CT molecular complexity index is 388. The van der Waals surface area contributed by atoms with Gasteiger partial charge in [0.1, 0.15) is 11.6 Å². The molecule has 1 aromatic carbocycles. The molecule has 1 rings (SSSR count). The summed E-state index contributed by atoms with van der Waals surface area (Å²) in [5.41, 5.74) is 0.176. The standard InChI is InChI=1S/C10H9F3O2/c1-5-8(6(2)14)3-7(4-9(5)11)15-10(12)13/h3-4,10H,1-2H3. The monoisotopic (exact) mass is 218 g/mol. The highest BCUT2D eigenvalue weighted by atomic mass is 19.3. The van der Waals surface area contributed by atoms with E-state index < -0.39 is 18.2 Å². The van der Waals surface area contributed by atoms with E-state index in [9.17, 15) is 18.0 Å². The normalized spacial score (nSPS) is 10.5. The fourth-order valence-corrected chi connectivity index (χ4v) is 1.19. The first-order valence-electron chi connectivity index (χ1n) is 4.17. The number of benzene rings is 1. The van der Waals surface area contributed by atoms with E-state index in [1.165, 1.54) is 13.8 Å². The molecule has 0 aliphatic rings. The third-order valence-corrected chi connectivity index (χ3v) is 1.92. The van der Waals surface area contributed by atoms with Gasteiger partial charge in [-0.2, -0.15) is 8.78 Å². The first kappa shape index (κ1) is 11.6. The highest BCUT2D eigenvalue weighted by molar-refractivity contribution is 5.95. The molecule has 5 heteroatoms. The lowest BCUT2D eigenvalue weighted by Crippen LogP contribution is -2.05. The van der Waals surface area contributed by atoms with E-state index in [2.05, 4.69) is 4.74 Å². The first-order valence-corrected chi connectivity index (χ1v) is 4.17. The fraction of sp³-hybridized carbons (Fsp3) is 0.300. The molecule has 0 unspecified atom stereocenters. The van der Waals surface area contributed by atoms with Gasteiger partial charge in [-0.1, -0.05) is 0 Å². The molecule has 0 spiro atoms. The molecule has 0 bridgehead atoms. The smallest absolute Gasteiger partial charge is 0.387 e. The van der Waals surface area contributed by atoms with Crippen LogP contribution < -0.4 is 4.74 Å². The molecule has 0 radical (unpaired) electrons. The van der Waals surface area contributed by atoms with Gasteiger partial charge in [0.25, 0.3) is 0 Å². The average Bonchev–Trinajstić information content (AvgIpc) is 2.09. The second kappa shape index (κ2) is 4.33. The van der Waals surface area contributed by atoms with E-state index in [4.69, 9.17) is 0 Å². The molecule has 0 heterocycles. The summed E-state index contributed by atoms with van der Waals surface area (Å²) in [6.07, 6.45) is 0. The van der Waals surface area contributed by atoms with Crippen LogP contribution in [-0.4, -0.2) is 12.4 Å². The molecule has 15 heavy (non-hydrogen) atoms. The lowest BCUT2D eigenvalue weighted by atomic mass is 10.0. The Morgan fingerprint density at radius 2 is 2.00 bits per heavy atom. The zero-order chi connectivity index (χ0) is 11.6. The highest BCUT2D eigenvalue weighted by Gasteiger charge is 2.13. The van der Waals surface area contributed by atoms with Crippen LogP contribution >= 0.6 is 0 Å². The summed E-state index contributed by atoms with van der Waals surface area (Å²) in [6, 6.07) is 1.93. The van der Waals surface area contributed by atoms with Crippen LogP contribution in [0.15, 0.2) is 12.1 Å². The maximum atomic E-state index is 13.2. The van der Waals surface area contributed by atoms with Crippen molar-refractivity contribution in [3.8, 4) is 5.75 Å². The van der Waals surface area contributed by atoms with Crippen LogP contribution in [0.1, 0.15) is 22.8 Å². The zero-order valence-corrected chi connectivity index (χ0v) is 8.18. The van der Waals surface area contributed by atoms with Gasteiger partial charge in [0, 0.05) is 11.6 Å². The summed E-state index contributed by atoms with van der Waals surface area (Å²) in [6.45, 7) is -0.404. The van der Waals surface area contributed by atoms with E-state index in [-0.39, 0.29) is 16.9 Å². The van der Waals surface area contributed by atoms with Gasteiger partial charge in [0.05, 0.1) is 0 Å². The second-order valence-corrected chi connectivity index (χ2v) is 3.01. The molecule has 0 fully saturated rings. The number of hydrogen-bond donors (Lipinski definition) is 0. The van der Waals surface area contributed by atoms with Crippen molar-refractivity contribution in [2.45, 2.75) is 20.5 Å². The Hall–Kier alpha value is -1.52. The Morgan fingerprint density at radius 3 is 2.47 bits per heavy atom. The minimum atomic E-state index is -3.04. The van der Waals surface area contributed by atoms with Crippen LogP contribution in [-0.2, 0) is 0 Å². The Kier molecular flexibility index (Phi) is 3.34. The van der Waals surface area contributed by atoms with Crippen LogP contribution in [0.4, 0.5) is 13.2 Å². The topological polar surface area (TPSA) is 26.3 Å². The number of carbonyl (C=O) groups excluding carboxylic acids is 1. The van der Waals surface area contributed by atoms with Crippen LogP contribution in [0, 0.1) is 12.7 Å². The summed E-state index contributed by atoms with van der Waals surface area (Å²) >= 11 is 0. The first-order chi connectivity index (χ1) is 6.91. The molecular weight excluding hydrogens is 209 g/mol. The number of hydrogen-bond acceptors (Lipinski definition) is 2. The predicted molar refractivity (Wildman–Crippen MR) is 47.8 cm³/mol. The minimum Gasteiger partial charge on any atom is -0.435 e. The van der Waals surface area contributed by atoms with Gasteiger partial charge >= 0.3 is 6.61 Å². The van der Waals surface area contributed by atoms with Crippen LogP contribution in [0.2, 0.25) is 0 Å². The van der Waals surface area contributed by atoms with Gasteiger partial charge in [-0.3, -0.25) is 4.79 Å². The third kappa shape index (κ3) is 2.71. The van der Waals surface area contributed by atoms with E-state index in [1.807, 2.05) is 0 Å². The highest BCUT2D eigenvalue weighted by Crippen LogP contribution is 2.22. The molecule has 0 aliphatic heterocycles. The lowest BCUT2D eigenvalue weighted by molar-refractivity contribution is -0.0500. The molecule has 0 saturated carbocycles. The van der Waals surface area contributed by atoms with Crippen LogP contribution in [0.25, 0.3) is 0 Å². The van der Waals surface area contributed by atoms with Crippen molar-refractivity contribution in [2.75, 3.05) is 0 Å². The number of ketones is 1. The molecule has 0 aliphatic carbocycles. The second-order valence-electron chi connectivity index (χ2n) is 3.01. The van der Waals surface area contributed by atoms with E-state index >= 15 is 0 Å². The number of ether oxygens (including phenoxy) is 1. The van der Waals surface area contributed by atoms with Gasteiger partial charge < -0.3 is 4.74 Å². The average molecular weight is 218 g/mol. The van der Waals surface area contributed by atoms with Crippen molar-refractivity contribution in [3.63, 3.8) is 0 Å². The van der Waals surface area contributed by atoms with Crippen molar-refractivity contribution in [1.82, 2.24) is 0 Å². The zero-order valence-electron chi connectivity index (χ0n) is 8.18. The van der Waals surface area contributed by atoms with Crippen molar-refractivity contribution in [1.29, 1.82) is 0 Å². The van der Waals surface area contributed by atoms with E-state index in [0.717, 1.165) is 12.1 Å². The Labute approximate surface area is 84.7 Å². The van der Waals surface area contributed by atoms with Crippen molar-refractivity contribution in [3.05, 3.63) is 29.1 Å². The summed E-state index contributed by atoms with van der Waals surface area (Å²) in [5.74, 6) is -1.48. The summed E-state index contributed by atoms with van der Waals surface area (Å²) < 4.78 is 40.9. The van der Waals surface area contributed by atoms with Crippen molar-refractivity contribution in [2.24, 2.45) is 0 Å². The molecule has 82 valence electrons. The molecule has 0 atom stereocenters. The number of halogens is 3. The predicted octanol–water partition coefficient (Wildman–Crippen LogP) is 2.94. The summed E-state index contributed by atoms with van der Waals surface area (Å²) in [7, 11) is 0. The SMILES string of the molecule is CC(=O)c1cc(OC(F)F)cc(F)c1C.